The molecule has 0 saturated carbocycles. The second kappa shape index (κ2) is 5.60. The first kappa shape index (κ1) is 12.6. The van der Waals surface area contributed by atoms with Gasteiger partial charge in [-0.3, -0.25) is 14.5 Å². The van der Waals surface area contributed by atoms with E-state index in [1.165, 1.54) is 0 Å². The van der Waals surface area contributed by atoms with Crippen LogP contribution in [0.3, 0.4) is 0 Å². The van der Waals surface area contributed by atoms with Gasteiger partial charge >= 0.3 is 5.97 Å². The molecular weight excluding hydrogens is 214 g/mol. The van der Waals surface area contributed by atoms with Crippen LogP contribution in [0.4, 0.5) is 0 Å². The largest absolute Gasteiger partial charge is 0.467 e. The molecule has 6 nitrogen and oxygen atoms in total. The molecule has 0 aromatic rings. The minimum absolute atomic E-state index is 0.277. The van der Waals surface area contributed by atoms with Gasteiger partial charge in [-0.1, -0.05) is 0 Å². The number of nitrogens with zero attached hydrogens (tertiary/aromatic N) is 1. The number of carbonyl (C=O) groups is 3. The molecular formula is C10H15NO5. The summed E-state index contributed by atoms with van der Waals surface area (Å²) in [5.41, 5.74) is 0. The van der Waals surface area contributed by atoms with Crippen LogP contribution in [0.2, 0.25) is 0 Å². The fraction of sp³-hybridized carbons (Fsp3) is 0.700. The molecule has 0 aliphatic carbocycles. The van der Waals surface area contributed by atoms with E-state index in [-0.39, 0.29) is 31.2 Å². The van der Waals surface area contributed by atoms with E-state index in [1.54, 1.807) is 0 Å². The molecule has 1 aliphatic rings. The van der Waals surface area contributed by atoms with Crippen LogP contribution in [0.5, 0.6) is 0 Å². The lowest BCUT2D eigenvalue weighted by Gasteiger charge is -2.20. The van der Waals surface area contributed by atoms with Crippen molar-refractivity contribution in [1.82, 2.24) is 4.90 Å². The first-order valence-corrected chi connectivity index (χ1v) is 5.15. The third-order valence-electron chi connectivity index (χ3n) is 2.46. The predicted molar refractivity (Wildman–Crippen MR) is 53.2 cm³/mol. The lowest BCUT2D eigenvalue weighted by Crippen LogP contribution is -2.43. The van der Waals surface area contributed by atoms with Crippen LogP contribution in [-0.4, -0.2) is 47.5 Å². The van der Waals surface area contributed by atoms with Gasteiger partial charge in [0.25, 0.3) is 0 Å². The third kappa shape index (κ3) is 3.03. The molecule has 1 fully saturated rings. The number of methoxy groups -OCH3 is 1. The molecule has 0 aromatic heterocycles. The van der Waals surface area contributed by atoms with Crippen LogP contribution in [0, 0.1) is 0 Å². The number of esters is 1. The second-order valence-corrected chi connectivity index (χ2v) is 3.64. The first-order chi connectivity index (χ1) is 7.56. The van der Waals surface area contributed by atoms with Gasteiger partial charge in [0.1, 0.15) is 0 Å². The Bertz CT molecular complexity index is 284. The maximum atomic E-state index is 11.5. The minimum Gasteiger partial charge on any atom is -0.467 e. The van der Waals surface area contributed by atoms with Gasteiger partial charge in [-0.25, -0.2) is 4.79 Å². The van der Waals surface area contributed by atoms with Gasteiger partial charge in [-0.05, 0) is 12.8 Å². The molecule has 1 atom stereocenters. The summed E-state index contributed by atoms with van der Waals surface area (Å²) in [5, 5.41) is 9.38. The fourth-order valence-electron chi connectivity index (χ4n) is 1.55. The Kier molecular flexibility index (Phi) is 4.42. The molecule has 1 rings (SSSR count). The summed E-state index contributed by atoms with van der Waals surface area (Å²) in [6.07, 6.45) is 0.417. The molecule has 0 radical (unpaired) electrons. The summed E-state index contributed by atoms with van der Waals surface area (Å²) in [7, 11) is 1.14. The van der Waals surface area contributed by atoms with Crippen molar-refractivity contribution in [3.05, 3.63) is 0 Å². The second-order valence-electron chi connectivity index (χ2n) is 3.64. The average molecular weight is 229 g/mol. The monoisotopic (exact) mass is 229 g/mol. The summed E-state index contributed by atoms with van der Waals surface area (Å²) in [4.78, 5) is 34.9. The molecule has 16 heavy (non-hydrogen) atoms. The van der Waals surface area contributed by atoms with E-state index in [0.29, 0.717) is 12.8 Å². The van der Waals surface area contributed by atoms with E-state index >= 15 is 0 Å². The summed E-state index contributed by atoms with van der Waals surface area (Å²) < 4.78 is 4.32. The molecule has 1 saturated heterocycles. The number of β-amino-alcohol motifs (C(OH)–C–C–N with tert-alkyl or cyclic N) is 1. The Labute approximate surface area is 93.2 Å². The standard InChI is InChI=1S/C10H15NO5/c1-16-10(15)7(12)6-11-8(13)4-2-3-5-9(11)14/h7,12H,2-6H2,1H3. The van der Waals surface area contributed by atoms with Crippen LogP contribution in [0.15, 0.2) is 0 Å². The fourth-order valence-corrected chi connectivity index (χ4v) is 1.55. The van der Waals surface area contributed by atoms with Gasteiger partial charge in [0.2, 0.25) is 11.8 Å². The number of aliphatic hydroxyl groups excluding tert-OH is 1. The molecule has 1 aliphatic heterocycles. The van der Waals surface area contributed by atoms with E-state index in [2.05, 4.69) is 4.74 Å². The van der Waals surface area contributed by atoms with Crippen molar-refractivity contribution in [3.8, 4) is 0 Å². The van der Waals surface area contributed by atoms with Crippen molar-refractivity contribution in [2.45, 2.75) is 31.8 Å². The van der Waals surface area contributed by atoms with E-state index < -0.39 is 12.1 Å². The lowest BCUT2D eigenvalue weighted by atomic mass is 10.2. The molecule has 1 heterocycles. The molecule has 6 heteroatoms. The van der Waals surface area contributed by atoms with Crippen LogP contribution >= 0.6 is 0 Å². The number of ether oxygens (including phenoxy) is 1. The van der Waals surface area contributed by atoms with Crippen molar-refractivity contribution in [3.63, 3.8) is 0 Å². The Hall–Kier alpha value is -1.43. The Morgan fingerprint density at radius 2 is 1.88 bits per heavy atom. The van der Waals surface area contributed by atoms with Crippen LogP contribution in [-0.2, 0) is 19.1 Å². The molecule has 0 bridgehead atoms. The summed E-state index contributed by atoms with van der Waals surface area (Å²) in [5.74, 6) is -1.53. The highest BCUT2D eigenvalue weighted by Gasteiger charge is 2.28. The maximum Gasteiger partial charge on any atom is 0.336 e. The number of likely N-dealkylation sites (tertiary alicyclic amines) is 1. The Morgan fingerprint density at radius 3 is 2.31 bits per heavy atom. The summed E-state index contributed by atoms with van der Waals surface area (Å²) >= 11 is 0. The number of hydrogen-bond acceptors (Lipinski definition) is 5. The van der Waals surface area contributed by atoms with Crippen LogP contribution in [0.1, 0.15) is 25.7 Å². The van der Waals surface area contributed by atoms with Crippen LogP contribution < -0.4 is 0 Å². The molecule has 1 N–H and O–H groups in total. The van der Waals surface area contributed by atoms with Crippen LogP contribution in [0.25, 0.3) is 0 Å². The number of amides is 2. The summed E-state index contributed by atoms with van der Waals surface area (Å²) in [6.45, 7) is -0.315. The van der Waals surface area contributed by atoms with Crippen molar-refractivity contribution in [1.29, 1.82) is 0 Å². The SMILES string of the molecule is COC(=O)C(O)CN1C(=O)CCCCC1=O. The highest BCUT2D eigenvalue weighted by Crippen LogP contribution is 2.13. The zero-order valence-electron chi connectivity index (χ0n) is 9.14. The first-order valence-electron chi connectivity index (χ1n) is 5.15. The van der Waals surface area contributed by atoms with E-state index in [1.807, 2.05) is 0 Å². The average Bonchev–Trinajstić information content (AvgIpc) is 2.42. The van der Waals surface area contributed by atoms with E-state index in [0.717, 1.165) is 12.0 Å². The summed E-state index contributed by atoms with van der Waals surface area (Å²) in [6, 6.07) is 0. The van der Waals surface area contributed by atoms with Crippen molar-refractivity contribution >= 4 is 17.8 Å². The van der Waals surface area contributed by atoms with Crippen molar-refractivity contribution in [2.75, 3.05) is 13.7 Å². The van der Waals surface area contributed by atoms with Gasteiger partial charge in [0, 0.05) is 12.8 Å². The molecule has 2 amide bonds. The maximum absolute atomic E-state index is 11.5. The molecule has 0 spiro atoms. The number of hydrogen-bond donors (Lipinski definition) is 1. The van der Waals surface area contributed by atoms with Gasteiger partial charge in [-0.15, -0.1) is 0 Å². The number of carbonyl (C=O) groups excluding carboxylic acids is 3. The zero-order chi connectivity index (χ0) is 12.1. The van der Waals surface area contributed by atoms with Crippen molar-refractivity contribution in [2.24, 2.45) is 0 Å². The highest BCUT2D eigenvalue weighted by molar-refractivity contribution is 5.96. The highest BCUT2D eigenvalue weighted by atomic mass is 16.5. The van der Waals surface area contributed by atoms with E-state index in [4.69, 9.17) is 0 Å². The molecule has 0 aromatic carbocycles. The van der Waals surface area contributed by atoms with Gasteiger partial charge in [0.05, 0.1) is 13.7 Å². The smallest absolute Gasteiger partial charge is 0.336 e. The normalized spacial score (nSPS) is 19.2. The third-order valence-corrected chi connectivity index (χ3v) is 2.46. The molecule has 1 unspecified atom stereocenters. The molecule has 90 valence electrons. The topological polar surface area (TPSA) is 83.9 Å². The van der Waals surface area contributed by atoms with Crippen molar-refractivity contribution < 1.29 is 24.2 Å². The number of aliphatic hydroxyl groups is 1. The lowest BCUT2D eigenvalue weighted by molar-refractivity contribution is -0.154. The quantitative estimate of drug-likeness (QED) is 0.518. The predicted octanol–water partition coefficient (Wildman–Crippen LogP) is -0.551. The van der Waals surface area contributed by atoms with Gasteiger partial charge in [0.15, 0.2) is 6.10 Å². The van der Waals surface area contributed by atoms with E-state index in [9.17, 15) is 19.5 Å². The Balaban J connectivity index is 2.65. The zero-order valence-corrected chi connectivity index (χ0v) is 9.14. The minimum atomic E-state index is -1.46. The number of rotatable bonds is 3. The van der Waals surface area contributed by atoms with Gasteiger partial charge in [-0.2, -0.15) is 0 Å². The van der Waals surface area contributed by atoms with Gasteiger partial charge < -0.3 is 9.84 Å². The Morgan fingerprint density at radius 1 is 1.38 bits per heavy atom. The number of imide groups is 1.